The average molecular weight is 522 g/mol. The molecule has 37 heavy (non-hydrogen) atoms. The van der Waals surface area contributed by atoms with E-state index in [2.05, 4.69) is 39.5 Å². The SMILES string of the molecule is CCc1c(Cl)cccc1Nc1c(-c2ccncc2OCC2COCCN2C)[nH]c2c1C(=O)NCC21CC1. The van der Waals surface area contributed by atoms with Crippen LogP contribution in [0.5, 0.6) is 5.75 Å². The second-order valence-corrected chi connectivity index (χ2v) is 10.6. The minimum Gasteiger partial charge on any atom is -0.490 e. The predicted molar refractivity (Wildman–Crippen MR) is 144 cm³/mol. The normalized spacial score (nSPS) is 20.4. The van der Waals surface area contributed by atoms with Gasteiger partial charge in [0.15, 0.2) is 0 Å². The van der Waals surface area contributed by atoms with Crippen molar-refractivity contribution in [2.75, 3.05) is 45.3 Å². The third kappa shape index (κ3) is 4.37. The average Bonchev–Trinajstić information content (AvgIpc) is 3.59. The Labute approximate surface area is 221 Å². The number of ether oxygens (including phenoxy) is 2. The van der Waals surface area contributed by atoms with Crippen LogP contribution in [0.4, 0.5) is 11.4 Å². The number of fused-ring (bicyclic) bond motifs is 2. The molecule has 4 heterocycles. The maximum atomic E-state index is 13.3. The molecule has 1 aliphatic carbocycles. The molecule has 2 fully saturated rings. The Morgan fingerprint density at radius 1 is 1.32 bits per heavy atom. The van der Waals surface area contributed by atoms with Crippen molar-refractivity contribution in [3.8, 4) is 17.0 Å². The van der Waals surface area contributed by atoms with E-state index in [4.69, 9.17) is 21.1 Å². The topological polar surface area (TPSA) is 91.5 Å². The lowest BCUT2D eigenvalue weighted by Crippen LogP contribution is -2.46. The molecule has 1 spiro atoms. The number of hydrogen-bond acceptors (Lipinski definition) is 6. The van der Waals surface area contributed by atoms with E-state index >= 15 is 0 Å². The summed E-state index contributed by atoms with van der Waals surface area (Å²) in [5.41, 5.74) is 5.95. The van der Waals surface area contributed by atoms with E-state index in [9.17, 15) is 4.79 Å². The molecule has 3 aromatic rings. The van der Waals surface area contributed by atoms with Crippen LogP contribution in [-0.2, 0) is 16.6 Å². The van der Waals surface area contributed by atoms with Gasteiger partial charge >= 0.3 is 0 Å². The number of anilines is 2. The summed E-state index contributed by atoms with van der Waals surface area (Å²) in [5, 5.41) is 7.42. The molecule has 6 rings (SSSR count). The lowest BCUT2D eigenvalue weighted by molar-refractivity contribution is -0.0107. The molecule has 8 nitrogen and oxygen atoms in total. The van der Waals surface area contributed by atoms with E-state index in [0.717, 1.165) is 66.3 Å². The zero-order chi connectivity index (χ0) is 25.6. The number of amides is 1. The summed E-state index contributed by atoms with van der Waals surface area (Å²) in [6.45, 7) is 5.46. The van der Waals surface area contributed by atoms with Gasteiger partial charge in [-0.1, -0.05) is 24.6 Å². The summed E-state index contributed by atoms with van der Waals surface area (Å²) in [7, 11) is 2.09. The van der Waals surface area contributed by atoms with Crippen LogP contribution < -0.4 is 15.4 Å². The van der Waals surface area contributed by atoms with Crippen molar-refractivity contribution in [1.29, 1.82) is 0 Å². The van der Waals surface area contributed by atoms with Crippen LogP contribution in [0.25, 0.3) is 11.3 Å². The van der Waals surface area contributed by atoms with Gasteiger partial charge < -0.3 is 25.1 Å². The van der Waals surface area contributed by atoms with E-state index in [1.54, 1.807) is 12.4 Å². The fourth-order valence-corrected chi connectivity index (χ4v) is 5.73. The predicted octanol–water partition coefficient (Wildman–Crippen LogP) is 4.52. The van der Waals surface area contributed by atoms with E-state index in [1.165, 1.54) is 0 Å². The van der Waals surface area contributed by atoms with Crippen LogP contribution >= 0.6 is 11.6 Å². The van der Waals surface area contributed by atoms with Crippen molar-refractivity contribution >= 4 is 28.9 Å². The third-order valence-corrected chi connectivity index (χ3v) is 8.29. The number of halogens is 1. The molecule has 194 valence electrons. The number of nitrogens with one attached hydrogen (secondary N) is 3. The van der Waals surface area contributed by atoms with Crippen molar-refractivity contribution in [3.63, 3.8) is 0 Å². The second kappa shape index (κ2) is 9.67. The lowest BCUT2D eigenvalue weighted by atomic mass is 9.93. The number of rotatable bonds is 7. The van der Waals surface area contributed by atoms with E-state index < -0.39 is 0 Å². The molecule has 1 amide bonds. The van der Waals surface area contributed by atoms with Gasteiger partial charge in [0.2, 0.25) is 0 Å². The highest BCUT2D eigenvalue weighted by Gasteiger charge is 2.51. The number of carbonyl (C=O) groups is 1. The van der Waals surface area contributed by atoms with Crippen LogP contribution in [-0.4, -0.2) is 66.8 Å². The molecule has 1 unspecified atom stereocenters. The van der Waals surface area contributed by atoms with Gasteiger partial charge in [0, 0.05) is 46.7 Å². The Balaban J connectivity index is 1.44. The van der Waals surface area contributed by atoms with Gasteiger partial charge in [0.05, 0.1) is 42.4 Å². The summed E-state index contributed by atoms with van der Waals surface area (Å²) < 4.78 is 12.0. The lowest BCUT2D eigenvalue weighted by Gasteiger charge is -2.32. The molecule has 2 aliphatic heterocycles. The summed E-state index contributed by atoms with van der Waals surface area (Å²) in [6, 6.07) is 7.93. The molecule has 2 aromatic heterocycles. The first-order chi connectivity index (χ1) is 18.0. The van der Waals surface area contributed by atoms with Gasteiger partial charge in [-0.05, 0) is 50.1 Å². The zero-order valence-electron chi connectivity index (χ0n) is 21.2. The molecule has 1 saturated carbocycles. The number of hydrogen-bond donors (Lipinski definition) is 3. The fraction of sp³-hybridized carbons (Fsp3) is 0.429. The van der Waals surface area contributed by atoms with E-state index in [1.807, 2.05) is 24.3 Å². The quantitative estimate of drug-likeness (QED) is 0.423. The van der Waals surface area contributed by atoms with E-state index in [-0.39, 0.29) is 17.4 Å². The Hall–Kier alpha value is -3.07. The number of benzene rings is 1. The number of pyridine rings is 1. The van der Waals surface area contributed by atoms with Crippen LogP contribution in [0, 0.1) is 0 Å². The van der Waals surface area contributed by atoms with E-state index in [0.29, 0.717) is 36.1 Å². The first-order valence-corrected chi connectivity index (χ1v) is 13.3. The van der Waals surface area contributed by atoms with Crippen molar-refractivity contribution in [2.24, 2.45) is 0 Å². The summed E-state index contributed by atoms with van der Waals surface area (Å²) in [4.78, 5) is 23.5. The van der Waals surface area contributed by atoms with Crippen LogP contribution in [0.15, 0.2) is 36.7 Å². The van der Waals surface area contributed by atoms with Gasteiger partial charge in [-0.15, -0.1) is 0 Å². The number of nitrogens with zero attached hydrogens (tertiary/aromatic N) is 2. The number of morpholine rings is 1. The Bertz CT molecular complexity index is 1340. The summed E-state index contributed by atoms with van der Waals surface area (Å²) in [5.74, 6) is 0.588. The standard InChI is InChI=1S/C28H32ClN5O3/c1-3-18-20(29)5-4-6-21(18)32-25-23-26(28(8-9-28)16-31-27(23)35)33-24(25)19-7-10-30-13-22(19)37-15-17-14-36-12-11-34(17)2/h4-7,10,13,17,32-33H,3,8-9,11-12,14-16H2,1-2H3,(H,31,35). The van der Waals surface area contributed by atoms with Gasteiger partial charge in [0.1, 0.15) is 12.4 Å². The minimum absolute atomic E-state index is 0.0317. The Morgan fingerprint density at radius 2 is 2.19 bits per heavy atom. The maximum absolute atomic E-state index is 13.3. The first-order valence-electron chi connectivity index (χ1n) is 12.9. The van der Waals surface area contributed by atoms with Gasteiger partial charge in [-0.25, -0.2) is 0 Å². The number of likely N-dealkylation sites (N-methyl/N-ethyl adjacent to an activating group) is 1. The Kier molecular flexibility index (Phi) is 6.34. The van der Waals surface area contributed by atoms with Crippen LogP contribution in [0.3, 0.4) is 0 Å². The molecule has 0 radical (unpaired) electrons. The van der Waals surface area contributed by atoms with Gasteiger partial charge in [-0.3, -0.25) is 14.7 Å². The molecule has 1 atom stereocenters. The smallest absolute Gasteiger partial charge is 0.255 e. The highest BCUT2D eigenvalue weighted by molar-refractivity contribution is 6.31. The van der Waals surface area contributed by atoms with Gasteiger partial charge in [-0.2, -0.15) is 0 Å². The highest BCUT2D eigenvalue weighted by atomic mass is 35.5. The maximum Gasteiger partial charge on any atom is 0.255 e. The monoisotopic (exact) mass is 521 g/mol. The molecule has 9 heteroatoms. The number of aromatic amines is 1. The van der Waals surface area contributed by atoms with Crippen LogP contribution in [0.1, 0.15) is 41.4 Å². The fourth-order valence-electron chi connectivity index (χ4n) is 5.43. The molecule has 1 aromatic carbocycles. The van der Waals surface area contributed by atoms with Crippen molar-refractivity contribution in [1.82, 2.24) is 20.2 Å². The molecule has 1 saturated heterocycles. The molecule has 0 bridgehead atoms. The van der Waals surface area contributed by atoms with Crippen molar-refractivity contribution in [3.05, 3.63) is 58.5 Å². The molecule has 3 N–H and O–H groups in total. The summed E-state index contributed by atoms with van der Waals surface area (Å²) >= 11 is 6.54. The molecular formula is C28H32ClN5O3. The number of carbonyl (C=O) groups excluding carboxylic acids is 1. The number of H-pyrrole nitrogens is 1. The largest absolute Gasteiger partial charge is 0.490 e. The Morgan fingerprint density at radius 3 is 2.97 bits per heavy atom. The van der Waals surface area contributed by atoms with Gasteiger partial charge in [0.25, 0.3) is 5.91 Å². The highest BCUT2D eigenvalue weighted by Crippen LogP contribution is 2.54. The third-order valence-electron chi connectivity index (χ3n) is 7.94. The number of aromatic nitrogens is 2. The van der Waals surface area contributed by atoms with Crippen molar-refractivity contribution < 1.29 is 14.3 Å². The summed E-state index contributed by atoms with van der Waals surface area (Å²) in [6.07, 6.45) is 6.36. The zero-order valence-corrected chi connectivity index (χ0v) is 22.0. The molecular weight excluding hydrogens is 490 g/mol. The first kappa shape index (κ1) is 24.3. The van der Waals surface area contributed by atoms with Crippen molar-refractivity contribution in [2.45, 2.75) is 37.6 Å². The van der Waals surface area contributed by atoms with Crippen LogP contribution in [0.2, 0.25) is 5.02 Å². The minimum atomic E-state index is -0.0740. The second-order valence-electron chi connectivity index (χ2n) is 10.2. The molecule has 3 aliphatic rings.